The number of hydrogen-bond acceptors (Lipinski definition) is 4. The Hall–Kier alpha value is -4.37. The van der Waals surface area contributed by atoms with Crippen LogP contribution in [0, 0.1) is 0 Å². The number of nitrogens with one attached hydrogen (secondary N) is 1. The first-order valence-corrected chi connectivity index (χ1v) is 12.1. The van der Waals surface area contributed by atoms with Gasteiger partial charge in [0.2, 0.25) is 0 Å². The van der Waals surface area contributed by atoms with Crippen LogP contribution in [0.2, 0.25) is 0 Å². The van der Waals surface area contributed by atoms with Crippen molar-refractivity contribution in [1.29, 1.82) is 0 Å². The van der Waals surface area contributed by atoms with Crippen LogP contribution >= 0.6 is 0 Å². The first kappa shape index (κ1) is 22.4. The summed E-state index contributed by atoms with van der Waals surface area (Å²) in [5.41, 5.74) is 2.08. The van der Waals surface area contributed by atoms with Crippen molar-refractivity contribution in [3.63, 3.8) is 0 Å². The molecule has 5 rings (SSSR count). The molecule has 0 fully saturated rings. The molecule has 1 aromatic heterocycles. The minimum absolute atomic E-state index is 0.0408. The van der Waals surface area contributed by atoms with Gasteiger partial charge in [-0.15, -0.1) is 0 Å². The standard InChI is InChI=1S/C26H18BN3O4S/c27-19-12-14-22(15-13-19)35(33,34)28-25(31)18-11-16-24-23(17-18)26(32)30(21-9-5-2-6-10-21)29(24)20-7-3-1-4-8-20/h1-17H,(H,28,31). The second kappa shape index (κ2) is 8.77. The summed E-state index contributed by atoms with van der Waals surface area (Å²) in [6.45, 7) is 0. The molecule has 0 aliphatic carbocycles. The van der Waals surface area contributed by atoms with Gasteiger partial charge in [-0.25, -0.2) is 22.5 Å². The third-order valence-corrected chi connectivity index (χ3v) is 6.88. The molecule has 0 saturated heterocycles. The van der Waals surface area contributed by atoms with E-state index < -0.39 is 15.9 Å². The Balaban J connectivity index is 1.62. The van der Waals surface area contributed by atoms with Gasteiger partial charge >= 0.3 is 0 Å². The molecule has 0 atom stereocenters. The summed E-state index contributed by atoms with van der Waals surface area (Å²) in [5.74, 6) is -0.846. The summed E-state index contributed by atoms with van der Waals surface area (Å²) < 4.78 is 30.6. The predicted octanol–water partition coefficient (Wildman–Crippen LogP) is 2.69. The van der Waals surface area contributed by atoms with Gasteiger partial charge in [-0.05, 0) is 54.6 Å². The van der Waals surface area contributed by atoms with Gasteiger partial charge in [0.05, 0.1) is 27.2 Å². The number of rotatable bonds is 5. The van der Waals surface area contributed by atoms with Crippen LogP contribution in [0.3, 0.4) is 0 Å². The lowest BCUT2D eigenvalue weighted by atomic mass is 9.97. The Morgan fingerprint density at radius 2 is 1.31 bits per heavy atom. The van der Waals surface area contributed by atoms with Crippen LogP contribution in [-0.4, -0.2) is 31.5 Å². The van der Waals surface area contributed by atoms with Gasteiger partial charge in [0.25, 0.3) is 21.5 Å². The largest absolute Gasteiger partial charge is 0.279 e. The second-order valence-corrected chi connectivity index (χ2v) is 9.52. The van der Waals surface area contributed by atoms with Crippen molar-refractivity contribution in [2.24, 2.45) is 0 Å². The lowest BCUT2D eigenvalue weighted by Crippen LogP contribution is -2.30. The molecule has 0 unspecified atom stereocenters. The number of fused-ring (bicyclic) bond motifs is 1. The number of sulfonamides is 1. The topological polar surface area (TPSA) is 90.2 Å². The van der Waals surface area contributed by atoms with E-state index in [4.69, 9.17) is 7.85 Å². The van der Waals surface area contributed by atoms with Crippen molar-refractivity contribution in [3.8, 4) is 11.4 Å². The highest BCUT2D eigenvalue weighted by Gasteiger charge is 2.21. The maximum atomic E-state index is 13.5. The van der Waals surface area contributed by atoms with Crippen LogP contribution in [-0.2, 0) is 10.0 Å². The fourth-order valence-corrected chi connectivity index (χ4v) is 4.83. The fourth-order valence-electron chi connectivity index (χ4n) is 3.86. The van der Waals surface area contributed by atoms with Gasteiger partial charge in [0.1, 0.15) is 7.85 Å². The van der Waals surface area contributed by atoms with Gasteiger partial charge in [-0.2, -0.15) is 0 Å². The van der Waals surface area contributed by atoms with Crippen molar-refractivity contribution in [3.05, 3.63) is 119 Å². The van der Waals surface area contributed by atoms with E-state index >= 15 is 0 Å². The van der Waals surface area contributed by atoms with Crippen molar-refractivity contribution < 1.29 is 13.2 Å². The van der Waals surface area contributed by atoms with E-state index in [-0.39, 0.29) is 21.4 Å². The highest BCUT2D eigenvalue weighted by molar-refractivity contribution is 7.90. The molecule has 7 nitrogen and oxygen atoms in total. The number of hydrogen-bond donors (Lipinski definition) is 1. The number of carbonyl (C=O) groups excluding carboxylic acids is 1. The minimum atomic E-state index is -4.12. The van der Waals surface area contributed by atoms with Gasteiger partial charge < -0.3 is 0 Å². The first-order valence-electron chi connectivity index (χ1n) is 10.7. The third kappa shape index (κ3) is 4.17. The maximum absolute atomic E-state index is 13.5. The Bertz CT molecular complexity index is 1710. The number of aromatic nitrogens is 2. The number of amides is 1. The zero-order chi connectivity index (χ0) is 24.6. The van der Waals surface area contributed by atoms with Crippen LogP contribution < -0.4 is 15.7 Å². The van der Waals surface area contributed by atoms with Crippen molar-refractivity contribution in [1.82, 2.24) is 14.1 Å². The zero-order valence-electron chi connectivity index (χ0n) is 18.3. The summed E-state index contributed by atoms with van der Waals surface area (Å²) in [5, 5.41) is 0.273. The zero-order valence-corrected chi connectivity index (χ0v) is 19.1. The van der Waals surface area contributed by atoms with E-state index in [1.807, 2.05) is 60.7 Å². The van der Waals surface area contributed by atoms with E-state index in [9.17, 15) is 18.0 Å². The molecule has 1 heterocycles. The predicted molar refractivity (Wildman–Crippen MR) is 135 cm³/mol. The lowest BCUT2D eigenvalue weighted by Gasteiger charge is -2.13. The monoisotopic (exact) mass is 479 g/mol. The number of para-hydroxylation sites is 2. The van der Waals surface area contributed by atoms with Gasteiger partial charge in [0.15, 0.2) is 0 Å². The van der Waals surface area contributed by atoms with Crippen LogP contribution in [0.1, 0.15) is 10.4 Å². The average molecular weight is 479 g/mol. The molecule has 0 spiro atoms. The molecule has 2 radical (unpaired) electrons. The summed E-state index contributed by atoms with van der Waals surface area (Å²) >= 11 is 0. The Kier molecular flexibility index (Phi) is 5.62. The average Bonchev–Trinajstić information content (AvgIpc) is 3.17. The molecule has 5 aromatic rings. The summed E-state index contributed by atoms with van der Waals surface area (Å²) in [6, 6.07) is 28.5. The molecule has 1 amide bonds. The smallest absolute Gasteiger partial charge is 0.268 e. The van der Waals surface area contributed by atoms with E-state index in [1.54, 1.807) is 10.7 Å². The van der Waals surface area contributed by atoms with Crippen LogP contribution in [0.5, 0.6) is 0 Å². The summed E-state index contributed by atoms with van der Waals surface area (Å²) in [6.07, 6.45) is 0. The SMILES string of the molecule is [B]c1ccc(S(=O)(=O)NC(=O)c2ccc3c(c2)c(=O)n(-c2ccccc2)n3-c2ccccc2)cc1. The lowest BCUT2D eigenvalue weighted by molar-refractivity contribution is 0.0981. The number of carbonyl (C=O) groups is 1. The van der Waals surface area contributed by atoms with Crippen LogP contribution in [0.15, 0.2) is 113 Å². The van der Waals surface area contributed by atoms with Gasteiger partial charge in [-0.3, -0.25) is 9.59 Å². The van der Waals surface area contributed by atoms with E-state index in [0.29, 0.717) is 16.7 Å². The Morgan fingerprint density at radius 1 is 0.743 bits per heavy atom. The van der Waals surface area contributed by atoms with E-state index in [2.05, 4.69) is 4.72 Å². The fraction of sp³-hybridized carbons (Fsp3) is 0. The normalized spacial score (nSPS) is 11.4. The number of nitrogens with zero attached hydrogens (tertiary/aromatic N) is 2. The molecule has 170 valence electrons. The summed E-state index contributed by atoms with van der Waals surface area (Å²) in [4.78, 5) is 26.3. The molecular weight excluding hydrogens is 461 g/mol. The highest BCUT2D eigenvalue weighted by atomic mass is 32.2. The van der Waals surface area contributed by atoms with Crippen molar-refractivity contribution in [2.45, 2.75) is 4.90 Å². The molecular formula is C26H18BN3O4S. The quantitative estimate of drug-likeness (QED) is 0.393. The van der Waals surface area contributed by atoms with Gasteiger partial charge in [0, 0.05) is 5.56 Å². The number of benzene rings is 4. The Morgan fingerprint density at radius 3 is 1.91 bits per heavy atom. The van der Waals surface area contributed by atoms with Crippen molar-refractivity contribution in [2.75, 3.05) is 0 Å². The molecule has 0 aliphatic heterocycles. The first-order chi connectivity index (χ1) is 16.8. The molecule has 0 saturated carbocycles. The molecule has 0 aliphatic rings. The molecule has 9 heteroatoms. The minimum Gasteiger partial charge on any atom is -0.268 e. The second-order valence-electron chi connectivity index (χ2n) is 7.84. The van der Waals surface area contributed by atoms with Crippen LogP contribution in [0.4, 0.5) is 0 Å². The van der Waals surface area contributed by atoms with E-state index in [0.717, 1.165) is 5.69 Å². The van der Waals surface area contributed by atoms with E-state index in [1.165, 1.54) is 41.1 Å². The third-order valence-electron chi connectivity index (χ3n) is 5.53. The molecule has 1 N–H and O–H groups in total. The molecule has 4 aromatic carbocycles. The summed E-state index contributed by atoms with van der Waals surface area (Å²) in [7, 11) is 1.49. The molecule has 0 bridgehead atoms. The molecule has 35 heavy (non-hydrogen) atoms. The maximum Gasteiger partial charge on any atom is 0.279 e. The van der Waals surface area contributed by atoms with Crippen molar-refractivity contribution >= 4 is 40.1 Å². The van der Waals surface area contributed by atoms with Crippen LogP contribution in [0.25, 0.3) is 22.3 Å². The van der Waals surface area contributed by atoms with Gasteiger partial charge in [-0.1, -0.05) is 54.0 Å². The Labute approximate surface area is 202 Å². The highest BCUT2D eigenvalue weighted by Crippen LogP contribution is 2.22.